The zero-order valence-electron chi connectivity index (χ0n) is 16.0. The second-order valence-electron chi connectivity index (χ2n) is 7.06. The normalized spacial score (nSPS) is 15.1. The van der Waals surface area contributed by atoms with Crippen molar-refractivity contribution >= 4 is 29.2 Å². The summed E-state index contributed by atoms with van der Waals surface area (Å²) in [6, 6.07) is 16.7. The highest BCUT2D eigenvalue weighted by atomic mass is 35.5. The minimum Gasteiger partial charge on any atom is -0.356 e. The standard InChI is InChI=1S/C22H21ClN4O2/c1-14-20(16-7-9-17(23)10-8-16)21-25-22(29)18(27(21)26-14)13-19(28)24-12-11-15-5-3-2-4-6-15/h2-10,18H,11-13H2,1H3,(H,24,28)(H,25,29). The molecule has 4 rings (SSSR count). The lowest BCUT2D eigenvalue weighted by Gasteiger charge is -2.10. The summed E-state index contributed by atoms with van der Waals surface area (Å²) in [5.41, 5.74) is 3.71. The highest BCUT2D eigenvalue weighted by molar-refractivity contribution is 6.30. The van der Waals surface area contributed by atoms with Crippen LogP contribution in [0.25, 0.3) is 11.1 Å². The van der Waals surface area contributed by atoms with E-state index in [4.69, 9.17) is 11.6 Å². The summed E-state index contributed by atoms with van der Waals surface area (Å²) < 4.78 is 1.62. The third-order valence-corrected chi connectivity index (χ3v) is 5.27. The van der Waals surface area contributed by atoms with Gasteiger partial charge in [-0.3, -0.25) is 9.59 Å². The number of carbonyl (C=O) groups excluding carboxylic acids is 2. The number of hydrogen-bond donors (Lipinski definition) is 2. The van der Waals surface area contributed by atoms with E-state index < -0.39 is 6.04 Å². The fraction of sp³-hybridized carbons (Fsp3) is 0.227. The Kier molecular flexibility index (Phi) is 5.36. The van der Waals surface area contributed by atoms with Crippen LogP contribution in [0.5, 0.6) is 0 Å². The third kappa shape index (κ3) is 4.03. The third-order valence-electron chi connectivity index (χ3n) is 5.02. The Labute approximate surface area is 173 Å². The van der Waals surface area contributed by atoms with Gasteiger partial charge in [-0.2, -0.15) is 5.10 Å². The first-order valence-corrected chi connectivity index (χ1v) is 9.87. The fourth-order valence-corrected chi connectivity index (χ4v) is 3.71. The number of amides is 2. The van der Waals surface area contributed by atoms with Crippen LogP contribution in [0.2, 0.25) is 5.02 Å². The molecule has 0 saturated carbocycles. The quantitative estimate of drug-likeness (QED) is 0.652. The summed E-state index contributed by atoms with van der Waals surface area (Å²) in [6.07, 6.45) is 0.797. The van der Waals surface area contributed by atoms with Crippen LogP contribution in [-0.4, -0.2) is 28.1 Å². The first-order chi connectivity index (χ1) is 14.0. The van der Waals surface area contributed by atoms with E-state index in [1.54, 1.807) is 16.8 Å². The van der Waals surface area contributed by atoms with Crippen LogP contribution in [0, 0.1) is 6.92 Å². The topological polar surface area (TPSA) is 76.0 Å². The van der Waals surface area contributed by atoms with E-state index in [0.717, 1.165) is 28.8 Å². The summed E-state index contributed by atoms with van der Waals surface area (Å²) in [6.45, 7) is 2.41. The molecule has 2 amide bonds. The molecule has 7 heteroatoms. The minimum atomic E-state index is -0.651. The van der Waals surface area contributed by atoms with E-state index in [-0.39, 0.29) is 18.2 Å². The molecule has 29 heavy (non-hydrogen) atoms. The Hall–Kier alpha value is -3.12. The Bertz CT molecular complexity index is 1040. The van der Waals surface area contributed by atoms with Crippen molar-refractivity contribution in [3.63, 3.8) is 0 Å². The Morgan fingerprint density at radius 2 is 1.90 bits per heavy atom. The van der Waals surface area contributed by atoms with E-state index in [0.29, 0.717) is 17.4 Å². The molecule has 1 aromatic heterocycles. The van der Waals surface area contributed by atoms with Crippen molar-refractivity contribution in [3.8, 4) is 11.1 Å². The molecule has 0 spiro atoms. The van der Waals surface area contributed by atoms with Gasteiger partial charge in [0.2, 0.25) is 5.91 Å². The van der Waals surface area contributed by atoms with E-state index >= 15 is 0 Å². The first kappa shape index (κ1) is 19.2. The smallest absolute Gasteiger partial charge is 0.251 e. The fourth-order valence-electron chi connectivity index (χ4n) is 3.58. The molecular weight excluding hydrogens is 388 g/mol. The van der Waals surface area contributed by atoms with Crippen molar-refractivity contribution in [1.29, 1.82) is 0 Å². The average molecular weight is 409 g/mol. The van der Waals surface area contributed by atoms with Crippen LogP contribution in [-0.2, 0) is 16.0 Å². The average Bonchev–Trinajstić information content (AvgIpc) is 3.17. The summed E-state index contributed by atoms with van der Waals surface area (Å²) in [4.78, 5) is 24.9. The molecule has 1 atom stereocenters. The van der Waals surface area contributed by atoms with Gasteiger partial charge < -0.3 is 10.6 Å². The number of anilines is 1. The summed E-state index contributed by atoms with van der Waals surface area (Å²) in [5, 5.41) is 10.9. The van der Waals surface area contributed by atoms with Gasteiger partial charge in [-0.1, -0.05) is 54.1 Å². The molecule has 0 aliphatic carbocycles. The molecular formula is C22H21ClN4O2. The predicted molar refractivity (Wildman–Crippen MR) is 113 cm³/mol. The van der Waals surface area contributed by atoms with Gasteiger partial charge in [0.25, 0.3) is 5.91 Å². The number of hydrogen-bond acceptors (Lipinski definition) is 3. The van der Waals surface area contributed by atoms with Crippen LogP contribution >= 0.6 is 11.6 Å². The molecule has 0 saturated heterocycles. The number of fused-ring (bicyclic) bond motifs is 1. The number of benzene rings is 2. The monoisotopic (exact) mass is 408 g/mol. The maximum absolute atomic E-state index is 12.5. The van der Waals surface area contributed by atoms with Crippen molar-refractivity contribution in [2.75, 3.05) is 11.9 Å². The zero-order valence-corrected chi connectivity index (χ0v) is 16.7. The van der Waals surface area contributed by atoms with E-state index in [1.165, 1.54) is 0 Å². The van der Waals surface area contributed by atoms with Gasteiger partial charge >= 0.3 is 0 Å². The zero-order chi connectivity index (χ0) is 20.4. The molecule has 2 N–H and O–H groups in total. The molecule has 2 aromatic carbocycles. The molecule has 148 valence electrons. The summed E-state index contributed by atoms with van der Waals surface area (Å²) >= 11 is 5.98. The maximum atomic E-state index is 12.5. The second kappa shape index (κ2) is 8.09. The number of carbonyl (C=O) groups is 2. The van der Waals surface area contributed by atoms with Gasteiger partial charge in [-0.15, -0.1) is 0 Å². The van der Waals surface area contributed by atoms with E-state index in [1.807, 2.05) is 49.4 Å². The molecule has 0 radical (unpaired) electrons. The number of aryl methyl sites for hydroxylation is 1. The SMILES string of the molecule is Cc1nn2c(c1-c1ccc(Cl)cc1)NC(=O)C2CC(=O)NCCc1ccccc1. The van der Waals surface area contributed by atoms with E-state index in [9.17, 15) is 9.59 Å². The van der Waals surface area contributed by atoms with Crippen molar-refractivity contribution in [2.24, 2.45) is 0 Å². The van der Waals surface area contributed by atoms with Crippen LogP contribution in [0.15, 0.2) is 54.6 Å². The molecule has 0 bridgehead atoms. The Balaban J connectivity index is 1.45. The largest absolute Gasteiger partial charge is 0.356 e. The number of halogens is 1. The number of aromatic nitrogens is 2. The van der Waals surface area contributed by atoms with Crippen molar-refractivity contribution in [2.45, 2.75) is 25.8 Å². The predicted octanol–water partition coefficient (Wildman–Crippen LogP) is 3.75. The van der Waals surface area contributed by atoms with Gasteiger partial charge in [0, 0.05) is 17.1 Å². The number of rotatable bonds is 6. The van der Waals surface area contributed by atoms with Crippen molar-refractivity contribution < 1.29 is 9.59 Å². The molecule has 3 aromatic rings. The highest BCUT2D eigenvalue weighted by Gasteiger charge is 2.36. The van der Waals surface area contributed by atoms with E-state index in [2.05, 4.69) is 15.7 Å². The lowest BCUT2D eigenvalue weighted by Crippen LogP contribution is -2.30. The minimum absolute atomic E-state index is 0.0504. The van der Waals surface area contributed by atoms with Crippen LogP contribution in [0.4, 0.5) is 5.82 Å². The second-order valence-corrected chi connectivity index (χ2v) is 7.49. The molecule has 2 heterocycles. The summed E-state index contributed by atoms with van der Waals surface area (Å²) in [7, 11) is 0. The summed E-state index contributed by atoms with van der Waals surface area (Å²) in [5.74, 6) is 0.230. The van der Waals surface area contributed by atoms with Crippen LogP contribution in [0.3, 0.4) is 0 Å². The van der Waals surface area contributed by atoms with Crippen molar-refractivity contribution in [1.82, 2.24) is 15.1 Å². The Morgan fingerprint density at radius 3 is 2.62 bits per heavy atom. The first-order valence-electron chi connectivity index (χ1n) is 9.49. The number of nitrogens with zero attached hydrogens (tertiary/aromatic N) is 2. The Morgan fingerprint density at radius 1 is 1.17 bits per heavy atom. The van der Waals surface area contributed by atoms with Gasteiger partial charge in [-0.05, 0) is 36.6 Å². The lowest BCUT2D eigenvalue weighted by molar-refractivity contribution is -0.126. The molecule has 1 unspecified atom stereocenters. The molecule has 1 aliphatic rings. The number of nitrogens with one attached hydrogen (secondary N) is 2. The van der Waals surface area contributed by atoms with Crippen LogP contribution in [0.1, 0.15) is 23.7 Å². The molecule has 6 nitrogen and oxygen atoms in total. The van der Waals surface area contributed by atoms with Crippen molar-refractivity contribution in [3.05, 3.63) is 70.9 Å². The van der Waals surface area contributed by atoms with Gasteiger partial charge in [0.05, 0.1) is 12.1 Å². The van der Waals surface area contributed by atoms with Crippen LogP contribution < -0.4 is 10.6 Å². The van der Waals surface area contributed by atoms with Gasteiger partial charge in [-0.25, -0.2) is 4.68 Å². The lowest BCUT2D eigenvalue weighted by atomic mass is 10.1. The molecule has 0 fully saturated rings. The van der Waals surface area contributed by atoms with Gasteiger partial charge in [0.1, 0.15) is 11.9 Å². The highest BCUT2D eigenvalue weighted by Crippen LogP contribution is 2.38. The maximum Gasteiger partial charge on any atom is 0.251 e. The van der Waals surface area contributed by atoms with Gasteiger partial charge in [0.15, 0.2) is 0 Å². The molecule has 1 aliphatic heterocycles.